The molecule has 1 aromatic carbocycles. The second-order valence-corrected chi connectivity index (χ2v) is 6.07. The first-order valence-corrected chi connectivity index (χ1v) is 8.15. The molecule has 3 aromatic rings. The highest BCUT2D eigenvalue weighted by Gasteiger charge is 2.18. The molecule has 5 nitrogen and oxygen atoms in total. The standard InChI is InChI=1S/C18H21N5/c1-2-7-17-16(6-1)20-18(21-17)14-23-11-9-22(10-12-23)13-15-5-3-4-8-19-15/h1-8H,9-14H2,(H,20,21). The first-order valence-electron chi connectivity index (χ1n) is 8.15. The molecular weight excluding hydrogens is 286 g/mol. The van der Waals surface area contributed by atoms with Crippen molar-refractivity contribution >= 4 is 11.0 Å². The number of pyridine rings is 1. The number of aromatic amines is 1. The number of hydrogen-bond donors (Lipinski definition) is 1. The van der Waals surface area contributed by atoms with E-state index in [9.17, 15) is 0 Å². The summed E-state index contributed by atoms with van der Waals surface area (Å²) >= 11 is 0. The average Bonchev–Trinajstić information content (AvgIpc) is 3.00. The number of benzene rings is 1. The fourth-order valence-electron chi connectivity index (χ4n) is 3.12. The largest absolute Gasteiger partial charge is 0.341 e. The minimum absolute atomic E-state index is 0.895. The van der Waals surface area contributed by atoms with Gasteiger partial charge in [0.15, 0.2) is 0 Å². The Morgan fingerprint density at radius 1 is 0.870 bits per heavy atom. The van der Waals surface area contributed by atoms with E-state index in [4.69, 9.17) is 0 Å². The molecule has 118 valence electrons. The summed E-state index contributed by atoms with van der Waals surface area (Å²) in [6.45, 7) is 6.15. The summed E-state index contributed by atoms with van der Waals surface area (Å²) in [6.07, 6.45) is 1.87. The molecule has 1 saturated heterocycles. The minimum Gasteiger partial charge on any atom is -0.341 e. The van der Waals surface area contributed by atoms with Crippen molar-refractivity contribution in [3.63, 3.8) is 0 Å². The van der Waals surface area contributed by atoms with E-state index in [2.05, 4.69) is 49.0 Å². The van der Waals surface area contributed by atoms with E-state index in [1.807, 2.05) is 24.4 Å². The lowest BCUT2D eigenvalue weighted by Crippen LogP contribution is -2.45. The van der Waals surface area contributed by atoms with Gasteiger partial charge in [-0.15, -0.1) is 0 Å². The molecule has 0 bridgehead atoms. The number of para-hydroxylation sites is 2. The summed E-state index contributed by atoms with van der Waals surface area (Å²) < 4.78 is 0. The van der Waals surface area contributed by atoms with Crippen LogP contribution in [-0.4, -0.2) is 50.9 Å². The molecule has 4 rings (SSSR count). The van der Waals surface area contributed by atoms with Crippen LogP contribution < -0.4 is 0 Å². The number of fused-ring (bicyclic) bond motifs is 1. The van der Waals surface area contributed by atoms with Gasteiger partial charge in [0.1, 0.15) is 5.82 Å². The van der Waals surface area contributed by atoms with E-state index in [0.29, 0.717) is 0 Å². The van der Waals surface area contributed by atoms with E-state index in [-0.39, 0.29) is 0 Å². The van der Waals surface area contributed by atoms with Crippen LogP contribution in [0.5, 0.6) is 0 Å². The second kappa shape index (κ2) is 6.48. The average molecular weight is 307 g/mol. The molecule has 0 aliphatic carbocycles. The maximum absolute atomic E-state index is 4.67. The zero-order valence-corrected chi connectivity index (χ0v) is 13.2. The quantitative estimate of drug-likeness (QED) is 0.803. The van der Waals surface area contributed by atoms with Crippen LogP contribution in [0, 0.1) is 0 Å². The van der Waals surface area contributed by atoms with E-state index < -0.39 is 0 Å². The molecule has 0 atom stereocenters. The molecule has 1 fully saturated rings. The number of rotatable bonds is 4. The van der Waals surface area contributed by atoms with Gasteiger partial charge in [-0.2, -0.15) is 0 Å². The lowest BCUT2D eigenvalue weighted by atomic mass is 10.2. The summed E-state index contributed by atoms with van der Waals surface area (Å²) in [5.41, 5.74) is 3.32. The number of hydrogen-bond acceptors (Lipinski definition) is 4. The van der Waals surface area contributed by atoms with Crippen molar-refractivity contribution in [2.75, 3.05) is 26.2 Å². The van der Waals surface area contributed by atoms with Crippen LogP contribution in [-0.2, 0) is 13.1 Å². The summed E-state index contributed by atoms with van der Waals surface area (Å²) in [4.78, 5) is 17.4. The Morgan fingerprint density at radius 2 is 1.61 bits per heavy atom. The fraction of sp³-hybridized carbons (Fsp3) is 0.333. The van der Waals surface area contributed by atoms with Crippen LogP contribution in [0.25, 0.3) is 11.0 Å². The monoisotopic (exact) mass is 307 g/mol. The van der Waals surface area contributed by atoms with Gasteiger partial charge in [-0.25, -0.2) is 4.98 Å². The van der Waals surface area contributed by atoms with Crippen LogP contribution >= 0.6 is 0 Å². The topological polar surface area (TPSA) is 48.0 Å². The van der Waals surface area contributed by atoms with Gasteiger partial charge in [0, 0.05) is 38.9 Å². The Bertz CT molecular complexity index is 726. The summed E-state index contributed by atoms with van der Waals surface area (Å²) in [5, 5.41) is 0. The van der Waals surface area contributed by atoms with Crippen LogP contribution in [0.4, 0.5) is 0 Å². The van der Waals surface area contributed by atoms with Crippen molar-refractivity contribution in [1.29, 1.82) is 0 Å². The van der Waals surface area contributed by atoms with Crippen LogP contribution in [0.1, 0.15) is 11.5 Å². The Labute approximate surface area is 136 Å². The molecule has 0 unspecified atom stereocenters. The van der Waals surface area contributed by atoms with Gasteiger partial charge < -0.3 is 4.98 Å². The highest BCUT2D eigenvalue weighted by Crippen LogP contribution is 2.13. The third-order valence-corrected chi connectivity index (χ3v) is 4.39. The molecular formula is C18H21N5. The Kier molecular flexibility index (Phi) is 4.05. The van der Waals surface area contributed by atoms with Gasteiger partial charge in [0.2, 0.25) is 0 Å². The number of nitrogens with one attached hydrogen (secondary N) is 1. The number of piperazine rings is 1. The minimum atomic E-state index is 0.895. The van der Waals surface area contributed by atoms with Gasteiger partial charge in [-0.05, 0) is 24.3 Å². The van der Waals surface area contributed by atoms with Gasteiger partial charge >= 0.3 is 0 Å². The molecule has 5 heteroatoms. The molecule has 0 radical (unpaired) electrons. The predicted molar refractivity (Wildman–Crippen MR) is 90.9 cm³/mol. The lowest BCUT2D eigenvalue weighted by Gasteiger charge is -2.34. The molecule has 0 spiro atoms. The normalized spacial score (nSPS) is 16.9. The van der Waals surface area contributed by atoms with Crippen molar-refractivity contribution in [2.45, 2.75) is 13.1 Å². The number of H-pyrrole nitrogens is 1. The van der Waals surface area contributed by atoms with Crippen LogP contribution in [0.15, 0.2) is 48.7 Å². The SMILES string of the molecule is c1ccc(CN2CCN(Cc3nc4ccccc4[nH]3)CC2)nc1. The number of imidazole rings is 1. The fourth-order valence-corrected chi connectivity index (χ4v) is 3.12. The van der Waals surface area contributed by atoms with Crippen LogP contribution in [0.3, 0.4) is 0 Å². The molecule has 0 saturated carbocycles. The van der Waals surface area contributed by atoms with Gasteiger partial charge in [-0.1, -0.05) is 18.2 Å². The Morgan fingerprint density at radius 3 is 2.35 bits per heavy atom. The molecule has 1 N–H and O–H groups in total. The molecule has 1 aliphatic heterocycles. The summed E-state index contributed by atoms with van der Waals surface area (Å²) in [5.74, 6) is 1.06. The van der Waals surface area contributed by atoms with E-state index in [0.717, 1.165) is 61.8 Å². The van der Waals surface area contributed by atoms with E-state index in [1.165, 1.54) is 0 Å². The summed E-state index contributed by atoms with van der Waals surface area (Å²) in [6, 6.07) is 14.3. The Balaban J connectivity index is 1.32. The number of nitrogens with zero attached hydrogens (tertiary/aromatic N) is 4. The van der Waals surface area contributed by atoms with Crippen molar-refractivity contribution in [3.05, 3.63) is 60.2 Å². The zero-order chi connectivity index (χ0) is 15.5. The smallest absolute Gasteiger partial charge is 0.121 e. The maximum atomic E-state index is 4.67. The highest BCUT2D eigenvalue weighted by molar-refractivity contribution is 5.74. The zero-order valence-electron chi connectivity index (χ0n) is 13.2. The van der Waals surface area contributed by atoms with Crippen LogP contribution in [0.2, 0.25) is 0 Å². The van der Waals surface area contributed by atoms with Crippen molar-refractivity contribution in [1.82, 2.24) is 24.8 Å². The highest BCUT2D eigenvalue weighted by atomic mass is 15.3. The Hall–Kier alpha value is -2.24. The number of aromatic nitrogens is 3. The predicted octanol–water partition coefficient (Wildman–Crippen LogP) is 2.28. The van der Waals surface area contributed by atoms with E-state index >= 15 is 0 Å². The third-order valence-electron chi connectivity index (χ3n) is 4.39. The molecule has 23 heavy (non-hydrogen) atoms. The third kappa shape index (κ3) is 3.41. The van der Waals surface area contributed by atoms with Gasteiger partial charge in [0.05, 0.1) is 23.3 Å². The molecule has 1 aliphatic rings. The molecule has 3 heterocycles. The summed E-state index contributed by atoms with van der Waals surface area (Å²) in [7, 11) is 0. The van der Waals surface area contributed by atoms with Crippen molar-refractivity contribution in [2.24, 2.45) is 0 Å². The molecule has 2 aromatic heterocycles. The van der Waals surface area contributed by atoms with Gasteiger partial charge in [-0.3, -0.25) is 14.8 Å². The van der Waals surface area contributed by atoms with Crippen molar-refractivity contribution < 1.29 is 0 Å². The van der Waals surface area contributed by atoms with E-state index in [1.54, 1.807) is 0 Å². The lowest BCUT2D eigenvalue weighted by molar-refractivity contribution is 0.119. The maximum Gasteiger partial charge on any atom is 0.121 e. The first-order chi connectivity index (χ1) is 11.4. The second-order valence-electron chi connectivity index (χ2n) is 6.07. The van der Waals surface area contributed by atoms with Gasteiger partial charge in [0.25, 0.3) is 0 Å². The van der Waals surface area contributed by atoms with Crippen molar-refractivity contribution in [3.8, 4) is 0 Å². The molecule has 0 amide bonds. The first kappa shape index (κ1) is 14.4.